The third-order valence-corrected chi connectivity index (χ3v) is 4.85. The molecule has 0 saturated carbocycles. The van der Waals surface area contributed by atoms with E-state index in [4.69, 9.17) is 10.7 Å². The maximum absolute atomic E-state index is 6.17. The molecule has 52 valence electrons. The van der Waals surface area contributed by atoms with E-state index >= 15 is 0 Å². The molecular formula is C7H11ClS. The van der Waals surface area contributed by atoms with Crippen LogP contribution in [-0.4, -0.2) is 5.75 Å². The molecule has 0 spiro atoms. The van der Waals surface area contributed by atoms with Crippen molar-refractivity contribution in [2.45, 2.75) is 13.8 Å². The zero-order chi connectivity index (χ0) is 6.91. The quantitative estimate of drug-likeness (QED) is 0.555. The highest BCUT2D eigenvalue weighted by Gasteiger charge is 2.15. The average Bonchev–Trinajstić information content (AvgIpc) is 2.13. The monoisotopic (exact) mass is 162 g/mol. The molecule has 2 heteroatoms. The third kappa shape index (κ3) is 1.53. The molecule has 0 aromatic rings. The van der Waals surface area contributed by atoms with Gasteiger partial charge in [-0.25, -0.2) is 0 Å². The Kier molecular flexibility index (Phi) is 1.92. The van der Waals surface area contributed by atoms with E-state index in [1.54, 1.807) is 0 Å². The zero-order valence-corrected chi connectivity index (χ0v) is 7.30. The maximum atomic E-state index is 6.17. The first kappa shape index (κ1) is 7.23. The topological polar surface area (TPSA) is 0 Å². The average molecular weight is 163 g/mol. The van der Waals surface area contributed by atoms with Crippen molar-refractivity contribution in [1.29, 1.82) is 0 Å². The van der Waals surface area contributed by atoms with E-state index in [0.717, 1.165) is 5.75 Å². The Morgan fingerprint density at radius 3 is 2.56 bits per heavy atom. The molecule has 0 N–H and O–H groups in total. The van der Waals surface area contributed by atoms with Crippen molar-refractivity contribution in [1.82, 2.24) is 0 Å². The Morgan fingerprint density at radius 1 is 1.67 bits per heavy atom. The lowest BCUT2D eigenvalue weighted by molar-refractivity contribution is 1.52. The van der Waals surface area contributed by atoms with Gasteiger partial charge in [-0.3, -0.25) is 0 Å². The molecule has 0 fully saturated rings. The highest BCUT2D eigenvalue weighted by Crippen LogP contribution is 2.59. The van der Waals surface area contributed by atoms with E-state index in [9.17, 15) is 0 Å². The minimum Gasteiger partial charge on any atom is -0.122 e. The summed E-state index contributed by atoms with van der Waals surface area (Å²) >= 11 is 0. The summed E-state index contributed by atoms with van der Waals surface area (Å²) in [6, 6.07) is 0. The Labute approximate surface area is 62.4 Å². The summed E-state index contributed by atoms with van der Waals surface area (Å²) in [5, 5.41) is 4.30. The standard InChI is InChI=1S/C7H11ClS/c1-3-9(8)5-4-7(2)6-9/h4-6H,3H2,1-2H3. The smallest absolute Gasteiger partial charge is 0.00576 e. The van der Waals surface area contributed by atoms with Gasteiger partial charge in [0.15, 0.2) is 0 Å². The molecule has 1 rings (SSSR count). The van der Waals surface area contributed by atoms with Crippen LogP contribution >= 0.6 is 19.9 Å². The molecule has 0 aliphatic carbocycles. The molecule has 0 nitrogen and oxygen atoms in total. The Balaban J connectivity index is 2.78. The van der Waals surface area contributed by atoms with E-state index in [1.807, 2.05) is 0 Å². The molecule has 0 radical (unpaired) electrons. The van der Waals surface area contributed by atoms with Gasteiger partial charge in [-0.05, 0) is 29.1 Å². The molecule has 0 bridgehead atoms. The van der Waals surface area contributed by atoms with Gasteiger partial charge in [0.05, 0.1) is 0 Å². The van der Waals surface area contributed by atoms with Crippen LogP contribution in [-0.2, 0) is 0 Å². The van der Waals surface area contributed by atoms with Crippen molar-refractivity contribution in [2.75, 3.05) is 5.75 Å². The van der Waals surface area contributed by atoms with E-state index in [1.165, 1.54) is 5.57 Å². The molecular weight excluding hydrogens is 152 g/mol. The van der Waals surface area contributed by atoms with Crippen LogP contribution in [0.25, 0.3) is 0 Å². The first-order valence-corrected chi connectivity index (χ1v) is 5.79. The molecule has 1 heterocycles. The van der Waals surface area contributed by atoms with Crippen LogP contribution in [0, 0.1) is 0 Å². The van der Waals surface area contributed by atoms with Crippen molar-refractivity contribution < 1.29 is 0 Å². The van der Waals surface area contributed by atoms with Crippen LogP contribution in [0.5, 0.6) is 0 Å². The highest BCUT2D eigenvalue weighted by molar-refractivity contribution is 8.55. The largest absolute Gasteiger partial charge is 0.122 e. The molecule has 1 atom stereocenters. The van der Waals surface area contributed by atoms with E-state index < -0.39 is 9.24 Å². The summed E-state index contributed by atoms with van der Waals surface area (Å²) < 4.78 is 0. The van der Waals surface area contributed by atoms with Gasteiger partial charge in [0.2, 0.25) is 0 Å². The molecule has 1 aliphatic rings. The second-order valence-corrected chi connectivity index (χ2v) is 6.53. The molecule has 0 aromatic heterocycles. The first-order chi connectivity index (χ1) is 4.16. The SMILES string of the molecule is CCS1(Cl)C=CC(C)=C1. The van der Waals surface area contributed by atoms with Gasteiger partial charge < -0.3 is 0 Å². The second-order valence-electron chi connectivity index (χ2n) is 2.21. The first-order valence-electron chi connectivity index (χ1n) is 3.03. The Morgan fingerprint density at radius 2 is 2.33 bits per heavy atom. The zero-order valence-electron chi connectivity index (χ0n) is 5.73. The van der Waals surface area contributed by atoms with Crippen molar-refractivity contribution >= 4 is 19.9 Å². The number of halogens is 1. The van der Waals surface area contributed by atoms with Gasteiger partial charge >= 0.3 is 0 Å². The Hall–Kier alpha value is 0.120. The van der Waals surface area contributed by atoms with Crippen LogP contribution < -0.4 is 0 Å². The van der Waals surface area contributed by atoms with Gasteiger partial charge in [0, 0.05) is 0 Å². The van der Waals surface area contributed by atoms with Gasteiger partial charge in [-0.1, -0.05) is 23.7 Å². The second kappa shape index (κ2) is 2.39. The predicted molar refractivity (Wildman–Crippen MR) is 46.9 cm³/mol. The lowest BCUT2D eigenvalue weighted by Gasteiger charge is -2.18. The van der Waals surface area contributed by atoms with Crippen molar-refractivity contribution in [3.8, 4) is 0 Å². The molecule has 1 unspecified atom stereocenters. The van der Waals surface area contributed by atoms with Crippen LogP contribution in [0.3, 0.4) is 0 Å². The van der Waals surface area contributed by atoms with Crippen LogP contribution in [0.4, 0.5) is 0 Å². The summed E-state index contributed by atoms with van der Waals surface area (Å²) in [7, 11) is 5.21. The number of hydrogen-bond acceptors (Lipinski definition) is 0. The van der Waals surface area contributed by atoms with Crippen LogP contribution in [0.1, 0.15) is 13.8 Å². The molecule has 0 aromatic carbocycles. The summed E-state index contributed by atoms with van der Waals surface area (Å²) in [5.41, 5.74) is 1.31. The van der Waals surface area contributed by atoms with E-state index in [0.29, 0.717) is 0 Å². The Bertz CT molecular complexity index is 172. The fraction of sp³-hybridized carbons (Fsp3) is 0.429. The third-order valence-electron chi connectivity index (χ3n) is 1.38. The van der Waals surface area contributed by atoms with Crippen molar-refractivity contribution in [2.24, 2.45) is 0 Å². The van der Waals surface area contributed by atoms with Crippen LogP contribution in [0.2, 0.25) is 0 Å². The van der Waals surface area contributed by atoms with Gasteiger partial charge in [-0.15, -0.1) is 9.24 Å². The number of allylic oxidation sites excluding steroid dienone is 2. The van der Waals surface area contributed by atoms with Gasteiger partial charge in [0.1, 0.15) is 0 Å². The fourth-order valence-electron chi connectivity index (χ4n) is 0.788. The number of rotatable bonds is 1. The van der Waals surface area contributed by atoms with Gasteiger partial charge in [0.25, 0.3) is 0 Å². The van der Waals surface area contributed by atoms with Crippen molar-refractivity contribution in [3.05, 3.63) is 22.5 Å². The number of hydrogen-bond donors (Lipinski definition) is 0. The normalized spacial score (nSPS) is 40.1. The molecule has 1 aliphatic heterocycles. The predicted octanol–water partition coefficient (Wildman–Crippen LogP) is 3.40. The lowest BCUT2D eigenvalue weighted by Crippen LogP contribution is -1.80. The lowest BCUT2D eigenvalue weighted by atomic mass is 10.4. The van der Waals surface area contributed by atoms with Crippen LogP contribution in [0.15, 0.2) is 22.5 Å². The summed E-state index contributed by atoms with van der Waals surface area (Å²) in [6.07, 6.45) is 2.10. The highest BCUT2D eigenvalue weighted by atomic mass is 35.7. The fourth-order valence-corrected chi connectivity index (χ4v) is 2.94. The van der Waals surface area contributed by atoms with Gasteiger partial charge in [-0.2, -0.15) is 0 Å². The summed E-state index contributed by atoms with van der Waals surface area (Å²) in [4.78, 5) is 0. The minimum atomic E-state index is -0.961. The molecule has 9 heavy (non-hydrogen) atoms. The van der Waals surface area contributed by atoms with Crippen molar-refractivity contribution in [3.63, 3.8) is 0 Å². The van der Waals surface area contributed by atoms with E-state index in [-0.39, 0.29) is 0 Å². The summed E-state index contributed by atoms with van der Waals surface area (Å²) in [6.45, 7) is 4.21. The van der Waals surface area contributed by atoms with E-state index in [2.05, 4.69) is 30.7 Å². The minimum absolute atomic E-state index is 0.961. The molecule has 0 amide bonds. The maximum Gasteiger partial charge on any atom is -0.00576 e. The summed E-state index contributed by atoms with van der Waals surface area (Å²) in [5.74, 6) is 1.06. The molecule has 0 saturated heterocycles.